The van der Waals surface area contributed by atoms with E-state index in [-0.39, 0.29) is 11.3 Å². The van der Waals surface area contributed by atoms with E-state index < -0.39 is 10.8 Å². The fourth-order valence-electron chi connectivity index (χ4n) is 2.85. The summed E-state index contributed by atoms with van der Waals surface area (Å²) in [5.74, 6) is -0.473. The number of nitrogens with one attached hydrogen (secondary N) is 1. The van der Waals surface area contributed by atoms with Crippen molar-refractivity contribution in [3.8, 4) is 5.69 Å². The van der Waals surface area contributed by atoms with Gasteiger partial charge in [-0.15, -0.1) is 0 Å². The normalized spacial score (nSPS) is 11.0. The lowest BCUT2D eigenvalue weighted by Crippen LogP contribution is -2.18. The summed E-state index contributed by atoms with van der Waals surface area (Å²) >= 11 is 6.30. The molecule has 1 heterocycles. The average Bonchev–Trinajstić information content (AvgIpc) is 3.00. The number of nitrogens with zero attached hydrogens (tertiary/aromatic N) is 3. The number of hydrogen-bond acceptors (Lipinski definition) is 4. The molecule has 3 rings (SSSR count). The molecule has 0 aliphatic rings. The topological polar surface area (TPSA) is 89.5 Å². The summed E-state index contributed by atoms with van der Waals surface area (Å²) in [6.45, 7) is 3.98. The molecular formula is C20H17ClN4O3. The van der Waals surface area contributed by atoms with Crippen LogP contribution >= 0.6 is 11.6 Å². The molecule has 0 fully saturated rings. The van der Waals surface area contributed by atoms with E-state index in [4.69, 9.17) is 11.6 Å². The largest absolute Gasteiger partial charge is 0.318 e. The molecule has 8 heteroatoms. The third-order valence-electron chi connectivity index (χ3n) is 4.19. The predicted octanol–water partition coefficient (Wildman–Crippen LogP) is 4.42. The molecule has 28 heavy (non-hydrogen) atoms. The highest BCUT2D eigenvalue weighted by Gasteiger charge is 2.12. The Hall–Kier alpha value is -3.45. The first-order valence-electron chi connectivity index (χ1n) is 8.39. The SMILES string of the molecule is Cc1ccc(C)n1-c1ccc(C(=O)N/N=C\c2cccc([N+](=O)[O-])c2)c(Cl)c1. The second-order valence-corrected chi connectivity index (χ2v) is 6.57. The Morgan fingerprint density at radius 3 is 2.50 bits per heavy atom. The maximum Gasteiger partial charge on any atom is 0.272 e. The van der Waals surface area contributed by atoms with Gasteiger partial charge in [-0.1, -0.05) is 23.7 Å². The van der Waals surface area contributed by atoms with Crippen LogP contribution in [0.3, 0.4) is 0 Å². The number of carbonyl (C=O) groups excluding carboxylic acids is 1. The first-order valence-corrected chi connectivity index (χ1v) is 8.77. The third-order valence-corrected chi connectivity index (χ3v) is 4.50. The van der Waals surface area contributed by atoms with Gasteiger partial charge in [-0.3, -0.25) is 14.9 Å². The number of non-ortho nitro benzene ring substituents is 1. The van der Waals surface area contributed by atoms with E-state index >= 15 is 0 Å². The Labute approximate surface area is 166 Å². The van der Waals surface area contributed by atoms with E-state index in [0.29, 0.717) is 10.6 Å². The second-order valence-electron chi connectivity index (χ2n) is 6.17. The Morgan fingerprint density at radius 2 is 1.86 bits per heavy atom. The molecule has 0 saturated heterocycles. The smallest absolute Gasteiger partial charge is 0.272 e. The zero-order valence-corrected chi connectivity index (χ0v) is 16.0. The third kappa shape index (κ3) is 4.10. The van der Waals surface area contributed by atoms with Crippen molar-refractivity contribution in [2.45, 2.75) is 13.8 Å². The minimum absolute atomic E-state index is 0.0514. The summed E-state index contributed by atoms with van der Waals surface area (Å²) in [6.07, 6.45) is 1.33. The number of nitro groups is 1. The number of aryl methyl sites for hydroxylation is 2. The standard InChI is InChI=1S/C20H17ClN4O3/c1-13-6-7-14(2)24(13)16-8-9-18(19(21)11-16)20(26)23-22-12-15-4-3-5-17(10-15)25(27)28/h3-12H,1-2H3,(H,23,26)/b22-12-. The lowest BCUT2D eigenvalue weighted by atomic mass is 10.2. The number of nitro benzene ring substituents is 1. The highest BCUT2D eigenvalue weighted by Crippen LogP contribution is 2.23. The van der Waals surface area contributed by atoms with Crippen molar-refractivity contribution in [1.29, 1.82) is 0 Å². The molecule has 0 radical (unpaired) electrons. The number of hydrogen-bond donors (Lipinski definition) is 1. The van der Waals surface area contributed by atoms with Crippen LogP contribution in [0.15, 0.2) is 59.7 Å². The van der Waals surface area contributed by atoms with Crippen molar-refractivity contribution in [2.75, 3.05) is 0 Å². The lowest BCUT2D eigenvalue weighted by Gasteiger charge is -2.11. The molecule has 0 spiro atoms. The van der Waals surface area contributed by atoms with Crippen LogP contribution in [0.5, 0.6) is 0 Å². The molecule has 3 aromatic rings. The van der Waals surface area contributed by atoms with E-state index in [1.54, 1.807) is 24.3 Å². The Bertz CT molecular complexity index is 1070. The van der Waals surface area contributed by atoms with Crippen molar-refractivity contribution < 1.29 is 9.72 Å². The van der Waals surface area contributed by atoms with E-state index in [9.17, 15) is 14.9 Å². The summed E-state index contributed by atoms with van der Waals surface area (Å²) in [5, 5.41) is 14.9. The highest BCUT2D eigenvalue weighted by molar-refractivity contribution is 6.34. The number of rotatable bonds is 5. The van der Waals surface area contributed by atoms with Gasteiger partial charge in [0.25, 0.3) is 11.6 Å². The van der Waals surface area contributed by atoms with Gasteiger partial charge in [-0.25, -0.2) is 5.43 Å². The number of benzene rings is 2. The average molecular weight is 397 g/mol. The van der Waals surface area contributed by atoms with Crippen LogP contribution in [-0.4, -0.2) is 21.6 Å². The number of amides is 1. The van der Waals surface area contributed by atoms with Crippen LogP contribution in [0.1, 0.15) is 27.3 Å². The number of aromatic nitrogens is 1. The second kappa shape index (κ2) is 8.06. The van der Waals surface area contributed by atoms with E-state index in [1.165, 1.54) is 18.3 Å². The zero-order chi connectivity index (χ0) is 20.3. The first kappa shape index (κ1) is 19.3. The van der Waals surface area contributed by atoms with Gasteiger partial charge in [-0.05, 0) is 44.2 Å². The minimum Gasteiger partial charge on any atom is -0.318 e. The van der Waals surface area contributed by atoms with Crippen LogP contribution in [-0.2, 0) is 0 Å². The molecule has 0 saturated carbocycles. The van der Waals surface area contributed by atoms with Crippen molar-refractivity contribution in [2.24, 2.45) is 5.10 Å². The number of halogens is 1. The molecule has 0 aliphatic carbocycles. The summed E-state index contributed by atoms with van der Waals surface area (Å²) in [7, 11) is 0. The summed E-state index contributed by atoms with van der Waals surface area (Å²) < 4.78 is 2.04. The van der Waals surface area contributed by atoms with E-state index in [2.05, 4.69) is 10.5 Å². The molecule has 7 nitrogen and oxygen atoms in total. The summed E-state index contributed by atoms with van der Waals surface area (Å²) in [6, 6.07) is 15.1. The van der Waals surface area contributed by atoms with Crippen molar-refractivity contribution in [3.05, 3.63) is 92.2 Å². The maximum atomic E-state index is 12.3. The van der Waals surface area contributed by atoms with Gasteiger partial charge in [0.2, 0.25) is 0 Å². The molecule has 142 valence electrons. The predicted molar refractivity (Wildman–Crippen MR) is 108 cm³/mol. The fourth-order valence-corrected chi connectivity index (χ4v) is 3.11. The molecule has 1 N–H and O–H groups in total. The molecule has 1 amide bonds. The van der Waals surface area contributed by atoms with Gasteiger partial charge >= 0.3 is 0 Å². The van der Waals surface area contributed by atoms with Crippen LogP contribution in [0.2, 0.25) is 5.02 Å². The van der Waals surface area contributed by atoms with Gasteiger partial charge in [0.1, 0.15) is 0 Å². The van der Waals surface area contributed by atoms with Gasteiger partial charge in [-0.2, -0.15) is 5.10 Å². The van der Waals surface area contributed by atoms with Crippen molar-refractivity contribution >= 4 is 29.4 Å². The Kier molecular flexibility index (Phi) is 5.56. The first-order chi connectivity index (χ1) is 13.4. The summed E-state index contributed by atoms with van der Waals surface area (Å²) in [5.41, 5.74) is 6.10. The van der Waals surface area contributed by atoms with Gasteiger partial charge in [0, 0.05) is 34.8 Å². The van der Waals surface area contributed by atoms with Gasteiger partial charge in [0.15, 0.2) is 0 Å². The van der Waals surface area contributed by atoms with Crippen LogP contribution in [0.25, 0.3) is 5.69 Å². The van der Waals surface area contributed by atoms with Crippen LogP contribution < -0.4 is 5.43 Å². The molecule has 2 aromatic carbocycles. The van der Waals surface area contributed by atoms with Crippen molar-refractivity contribution in [3.63, 3.8) is 0 Å². The quantitative estimate of drug-likeness (QED) is 0.393. The van der Waals surface area contributed by atoms with E-state index in [0.717, 1.165) is 17.1 Å². The highest BCUT2D eigenvalue weighted by atomic mass is 35.5. The molecule has 0 aliphatic heterocycles. The molecule has 0 unspecified atom stereocenters. The molecule has 0 atom stereocenters. The lowest BCUT2D eigenvalue weighted by molar-refractivity contribution is -0.384. The van der Waals surface area contributed by atoms with Gasteiger partial charge < -0.3 is 4.57 Å². The van der Waals surface area contributed by atoms with Crippen LogP contribution in [0, 0.1) is 24.0 Å². The zero-order valence-electron chi connectivity index (χ0n) is 15.2. The van der Waals surface area contributed by atoms with Crippen LogP contribution in [0.4, 0.5) is 5.69 Å². The number of carbonyl (C=O) groups is 1. The van der Waals surface area contributed by atoms with Gasteiger partial charge in [0.05, 0.1) is 21.7 Å². The molecule has 0 bridgehead atoms. The molecule has 1 aromatic heterocycles. The van der Waals surface area contributed by atoms with Crippen molar-refractivity contribution in [1.82, 2.24) is 9.99 Å². The summed E-state index contributed by atoms with van der Waals surface area (Å²) in [4.78, 5) is 22.6. The Morgan fingerprint density at radius 1 is 1.14 bits per heavy atom. The Balaban J connectivity index is 1.74. The fraction of sp³-hybridized carbons (Fsp3) is 0.100. The number of hydrazone groups is 1. The maximum absolute atomic E-state index is 12.3. The molecular weight excluding hydrogens is 380 g/mol. The monoisotopic (exact) mass is 396 g/mol. The van der Waals surface area contributed by atoms with E-state index in [1.807, 2.05) is 36.6 Å². The minimum atomic E-state index is -0.495.